The maximum atomic E-state index is 5.77. The summed E-state index contributed by atoms with van der Waals surface area (Å²) in [6.07, 6.45) is 1.59. The van der Waals surface area contributed by atoms with Crippen LogP contribution >= 0.6 is 0 Å². The zero-order chi connectivity index (χ0) is 13.0. The van der Waals surface area contributed by atoms with Crippen molar-refractivity contribution in [3.8, 4) is 0 Å². The van der Waals surface area contributed by atoms with Crippen molar-refractivity contribution in [1.29, 1.82) is 0 Å². The predicted octanol–water partition coefficient (Wildman–Crippen LogP) is 0.461. The number of rotatable bonds is 4. The number of morpholine rings is 1. The van der Waals surface area contributed by atoms with Crippen LogP contribution in [0.25, 0.3) is 0 Å². The van der Waals surface area contributed by atoms with E-state index in [1.54, 1.807) is 6.33 Å². The summed E-state index contributed by atoms with van der Waals surface area (Å²) >= 11 is 0. The lowest BCUT2D eigenvalue weighted by atomic mass is 10.2. The van der Waals surface area contributed by atoms with Crippen molar-refractivity contribution in [2.75, 3.05) is 36.5 Å². The van der Waals surface area contributed by atoms with Gasteiger partial charge in [-0.05, 0) is 13.8 Å². The van der Waals surface area contributed by atoms with Gasteiger partial charge < -0.3 is 20.7 Å². The minimum absolute atomic E-state index is 0.195. The monoisotopic (exact) mass is 251 g/mol. The van der Waals surface area contributed by atoms with Crippen LogP contribution in [0.5, 0.6) is 0 Å². The molecule has 1 unspecified atom stereocenters. The van der Waals surface area contributed by atoms with E-state index in [4.69, 9.17) is 10.5 Å². The molecule has 1 aromatic rings. The van der Waals surface area contributed by atoms with Crippen LogP contribution in [0.4, 0.5) is 11.6 Å². The molecule has 1 saturated heterocycles. The molecule has 2 rings (SSSR count). The van der Waals surface area contributed by atoms with Gasteiger partial charge in [-0.25, -0.2) is 9.97 Å². The Morgan fingerprint density at radius 1 is 1.56 bits per heavy atom. The number of hydrogen-bond donors (Lipinski definition) is 2. The van der Waals surface area contributed by atoms with Crippen LogP contribution in [0.2, 0.25) is 0 Å². The van der Waals surface area contributed by atoms with Crippen LogP contribution in [0, 0.1) is 0 Å². The molecule has 1 aliphatic rings. The maximum Gasteiger partial charge on any atom is 0.134 e. The molecule has 1 atom stereocenters. The van der Waals surface area contributed by atoms with Gasteiger partial charge in [-0.15, -0.1) is 0 Å². The highest BCUT2D eigenvalue weighted by molar-refractivity contribution is 5.49. The van der Waals surface area contributed by atoms with Gasteiger partial charge in [-0.1, -0.05) is 0 Å². The lowest BCUT2D eigenvalue weighted by Gasteiger charge is -2.35. The van der Waals surface area contributed by atoms with Crippen LogP contribution in [0.3, 0.4) is 0 Å². The Balaban J connectivity index is 2.15. The van der Waals surface area contributed by atoms with E-state index in [0.29, 0.717) is 25.8 Å². The third-order valence-electron chi connectivity index (χ3n) is 2.88. The summed E-state index contributed by atoms with van der Waals surface area (Å²) in [4.78, 5) is 10.7. The minimum Gasteiger partial charge on any atom is -0.377 e. The Kier molecular flexibility index (Phi) is 4.33. The summed E-state index contributed by atoms with van der Waals surface area (Å²) < 4.78 is 5.44. The van der Waals surface area contributed by atoms with Crippen molar-refractivity contribution in [3.05, 3.63) is 12.4 Å². The molecule has 0 aliphatic carbocycles. The number of nitrogens with two attached hydrogens (primary N) is 1. The summed E-state index contributed by atoms with van der Waals surface area (Å²) in [7, 11) is 0. The molecule has 1 aliphatic heterocycles. The fourth-order valence-electron chi connectivity index (χ4n) is 2.03. The molecule has 0 radical (unpaired) electrons. The average molecular weight is 251 g/mol. The Morgan fingerprint density at radius 3 is 3.11 bits per heavy atom. The first kappa shape index (κ1) is 13.0. The standard InChI is InChI=1S/C12H21N5O/c1-9(2)16-11-5-12(15-8-14-11)17-3-4-18-7-10(17)6-13/h5,8-10H,3-4,6-7,13H2,1-2H3,(H,14,15,16). The largest absolute Gasteiger partial charge is 0.377 e. The van der Waals surface area contributed by atoms with Crippen molar-refractivity contribution in [2.45, 2.75) is 25.9 Å². The Labute approximate surface area is 108 Å². The van der Waals surface area contributed by atoms with Crippen LogP contribution in [0.15, 0.2) is 12.4 Å². The predicted molar refractivity (Wildman–Crippen MR) is 71.8 cm³/mol. The first-order valence-corrected chi connectivity index (χ1v) is 6.33. The number of anilines is 2. The highest BCUT2D eigenvalue weighted by Crippen LogP contribution is 2.19. The average Bonchev–Trinajstić information content (AvgIpc) is 2.38. The fourth-order valence-corrected chi connectivity index (χ4v) is 2.03. The first-order chi connectivity index (χ1) is 8.70. The van der Waals surface area contributed by atoms with Crippen molar-refractivity contribution < 1.29 is 4.74 Å². The Morgan fingerprint density at radius 2 is 2.39 bits per heavy atom. The van der Waals surface area contributed by atoms with Crippen LogP contribution in [0.1, 0.15) is 13.8 Å². The Bertz CT molecular complexity index is 384. The van der Waals surface area contributed by atoms with Gasteiger partial charge in [0.1, 0.15) is 18.0 Å². The molecule has 0 aromatic carbocycles. The zero-order valence-corrected chi connectivity index (χ0v) is 11.0. The second kappa shape index (κ2) is 5.97. The number of hydrogen-bond acceptors (Lipinski definition) is 6. The quantitative estimate of drug-likeness (QED) is 0.809. The maximum absolute atomic E-state index is 5.77. The summed E-state index contributed by atoms with van der Waals surface area (Å²) in [6, 6.07) is 2.51. The van der Waals surface area contributed by atoms with Crippen molar-refractivity contribution in [2.24, 2.45) is 5.73 Å². The SMILES string of the molecule is CC(C)Nc1cc(N2CCOCC2CN)ncn1. The Hall–Kier alpha value is -1.40. The highest BCUT2D eigenvalue weighted by Gasteiger charge is 2.23. The lowest BCUT2D eigenvalue weighted by molar-refractivity contribution is 0.0958. The summed E-state index contributed by atoms with van der Waals surface area (Å²) in [5, 5.41) is 3.28. The van der Waals surface area contributed by atoms with Crippen molar-refractivity contribution in [1.82, 2.24) is 9.97 Å². The van der Waals surface area contributed by atoms with Gasteiger partial charge in [0, 0.05) is 25.2 Å². The van der Waals surface area contributed by atoms with E-state index in [1.165, 1.54) is 0 Å². The molecule has 0 spiro atoms. The summed E-state index contributed by atoms with van der Waals surface area (Å²) in [5.74, 6) is 1.75. The van der Waals surface area contributed by atoms with Crippen molar-refractivity contribution >= 4 is 11.6 Å². The molecule has 100 valence electrons. The number of nitrogens with one attached hydrogen (secondary N) is 1. The lowest BCUT2D eigenvalue weighted by Crippen LogP contribution is -2.49. The van der Waals surface area contributed by atoms with E-state index in [-0.39, 0.29) is 6.04 Å². The molecule has 6 heteroatoms. The smallest absolute Gasteiger partial charge is 0.134 e. The van der Waals surface area contributed by atoms with Gasteiger partial charge in [-0.3, -0.25) is 0 Å². The van der Waals surface area contributed by atoms with E-state index < -0.39 is 0 Å². The van der Waals surface area contributed by atoms with E-state index >= 15 is 0 Å². The van der Waals surface area contributed by atoms with E-state index in [2.05, 4.69) is 34.0 Å². The molecular formula is C12H21N5O. The molecule has 2 heterocycles. The number of nitrogens with zero attached hydrogens (tertiary/aromatic N) is 3. The van der Waals surface area contributed by atoms with E-state index in [0.717, 1.165) is 18.2 Å². The zero-order valence-electron chi connectivity index (χ0n) is 11.0. The van der Waals surface area contributed by atoms with Gasteiger partial charge in [0.2, 0.25) is 0 Å². The highest BCUT2D eigenvalue weighted by atomic mass is 16.5. The number of ether oxygens (including phenoxy) is 1. The second-order valence-corrected chi connectivity index (χ2v) is 4.72. The molecule has 3 N–H and O–H groups in total. The first-order valence-electron chi connectivity index (χ1n) is 6.33. The molecule has 18 heavy (non-hydrogen) atoms. The van der Waals surface area contributed by atoms with Crippen LogP contribution in [-0.2, 0) is 4.74 Å². The third kappa shape index (κ3) is 3.08. The molecule has 1 fully saturated rings. The molecule has 0 saturated carbocycles. The van der Waals surface area contributed by atoms with Gasteiger partial charge in [0.25, 0.3) is 0 Å². The second-order valence-electron chi connectivity index (χ2n) is 4.72. The van der Waals surface area contributed by atoms with Gasteiger partial charge in [0.15, 0.2) is 0 Å². The van der Waals surface area contributed by atoms with Crippen LogP contribution in [-0.4, -0.2) is 48.4 Å². The molecule has 0 amide bonds. The minimum atomic E-state index is 0.195. The third-order valence-corrected chi connectivity index (χ3v) is 2.88. The van der Waals surface area contributed by atoms with E-state index in [9.17, 15) is 0 Å². The van der Waals surface area contributed by atoms with E-state index in [1.807, 2.05) is 6.07 Å². The summed E-state index contributed by atoms with van der Waals surface area (Å²) in [5.41, 5.74) is 5.77. The molecule has 0 bridgehead atoms. The normalized spacial score (nSPS) is 20.2. The van der Waals surface area contributed by atoms with Crippen LogP contribution < -0.4 is 16.0 Å². The van der Waals surface area contributed by atoms with Gasteiger partial charge >= 0.3 is 0 Å². The van der Waals surface area contributed by atoms with Gasteiger partial charge in [0.05, 0.1) is 19.3 Å². The fraction of sp³-hybridized carbons (Fsp3) is 0.667. The molecule has 6 nitrogen and oxygen atoms in total. The number of aromatic nitrogens is 2. The summed E-state index contributed by atoms with van der Waals surface area (Å²) in [6.45, 7) is 6.93. The topological polar surface area (TPSA) is 76.3 Å². The molecular weight excluding hydrogens is 230 g/mol. The van der Waals surface area contributed by atoms with Gasteiger partial charge in [-0.2, -0.15) is 0 Å². The molecule has 1 aromatic heterocycles. The van der Waals surface area contributed by atoms with Crippen molar-refractivity contribution in [3.63, 3.8) is 0 Å².